The smallest absolute Gasteiger partial charge is 0.416 e. The molecule has 0 amide bonds. The van der Waals surface area contributed by atoms with Crippen LogP contribution in [0.5, 0.6) is 0 Å². The number of carbonyl (C=O) groups excluding carboxylic acids is 1. The van der Waals surface area contributed by atoms with Crippen LogP contribution in [0.3, 0.4) is 0 Å². The Balaban J connectivity index is 2.02. The number of ether oxygens (including phenoxy) is 1. The molecule has 0 saturated carbocycles. The third-order valence-corrected chi connectivity index (χ3v) is 3.47. The van der Waals surface area contributed by atoms with Crippen molar-refractivity contribution >= 4 is 12.0 Å². The van der Waals surface area contributed by atoms with Gasteiger partial charge in [-0.05, 0) is 43.5 Å². The van der Waals surface area contributed by atoms with Crippen molar-refractivity contribution in [2.24, 2.45) is 0 Å². The fourth-order valence-electron chi connectivity index (χ4n) is 2.17. The van der Waals surface area contributed by atoms with Crippen molar-refractivity contribution in [2.45, 2.75) is 25.9 Å². The molecule has 0 aliphatic rings. The first-order chi connectivity index (χ1) is 12.3. The molecule has 138 valence electrons. The highest BCUT2D eigenvalue weighted by Crippen LogP contribution is 2.29. The summed E-state index contributed by atoms with van der Waals surface area (Å²) in [6.45, 7) is 1.76. The molecule has 8 heteroatoms. The molecule has 0 aliphatic carbocycles. The number of benzene rings is 1. The van der Waals surface area contributed by atoms with Crippen LogP contribution in [0.25, 0.3) is 6.08 Å². The fourth-order valence-corrected chi connectivity index (χ4v) is 2.17. The number of esters is 1. The second-order valence-electron chi connectivity index (χ2n) is 5.38. The van der Waals surface area contributed by atoms with Gasteiger partial charge in [-0.25, -0.2) is 14.8 Å². The summed E-state index contributed by atoms with van der Waals surface area (Å²) >= 11 is 0. The molecule has 0 fully saturated rings. The maximum atomic E-state index is 12.5. The number of halogens is 3. The van der Waals surface area contributed by atoms with Crippen molar-refractivity contribution < 1.29 is 27.8 Å². The van der Waals surface area contributed by atoms with Gasteiger partial charge in [0.1, 0.15) is 6.33 Å². The Kier molecular flexibility index (Phi) is 6.32. The lowest BCUT2D eigenvalue weighted by Gasteiger charge is -2.07. The van der Waals surface area contributed by atoms with E-state index in [1.165, 1.54) is 24.5 Å². The number of rotatable bonds is 6. The average Bonchev–Trinajstić information content (AvgIpc) is 2.60. The number of carbonyl (C=O) groups is 1. The Labute approximate surface area is 148 Å². The standard InChI is InChI=1S/C18H17F3N2O3/c1-2-26-17(25)16(24)10-15-9-14(22-11-23-15)8-5-12-3-6-13(7-4-12)18(19,20)21/h3-4,6-7,9-11,24H,2,5,8H2,1H3/b16-10-. The fraction of sp³-hybridized carbons (Fsp3) is 0.278. The van der Waals surface area contributed by atoms with E-state index in [1.54, 1.807) is 13.0 Å². The maximum Gasteiger partial charge on any atom is 0.416 e. The molecule has 2 rings (SSSR count). The number of hydrogen-bond acceptors (Lipinski definition) is 5. The van der Waals surface area contributed by atoms with Crippen LogP contribution in [0.4, 0.5) is 13.2 Å². The number of hydrogen-bond donors (Lipinski definition) is 1. The molecule has 2 aromatic rings. The van der Waals surface area contributed by atoms with E-state index in [1.807, 2.05) is 0 Å². The number of nitrogens with zero attached hydrogens (tertiary/aromatic N) is 2. The van der Waals surface area contributed by atoms with E-state index < -0.39 is 23.5 Å². The topological polar surface area (TPSA) is 72.3 Å². The van der Waals surface area contributed by atoms with Gasteiger partial charge in [-0.2, -0.15) is 13.2 Å². The van der Waals surface area contributed by atoms with Crippen LogP contribution in [0.1, 0.15) is 29.4 Å². The number of aliphatic hydroxyl groups excluding tert-OH is 1. The summed E-state index contributed by atoms with van der Waals surface area (Å²) in [7, 11) is 0. The monoisotopic (exact) mass is 366 g/mol. The van der Waals surface area contributed by atoms with Gasteiger partial charge in [-0.1, -0.05) is 12.1 Å². The molecular weight excluding hydrogens is 349 g/mol. The number of alkyl halides is 3. The minimum Gasteiger partial charge on any atom is -0.502 e. The molecule has 0 aliphatic heterocycles. The summed E-state index contributed by atoms with van der Waals surface area (Å²) in [4.78, 5) is 19.4. The van der Waals surface area contributed by atoms with Crippen LogP contribution in [-0.2, 0) is 28.5 Å². The molecular formula is C18H17F3N2O3. The lowest BCUT2D eigenvalue weighted by Crippen LogP contribution is -2.07. The van der Waals surface area contributed by atoms with Crippen LogP contribution in [0, 0.1) is 0 Å². The van der Waals surface area contributed by atoms with E-state index >= 15 is 0 Å². The summed E-state index contributed by atoms with van der Waals surface area (Å²) in [5.41, 5.74) is 1.00. The Morgan fingerprint density at radius 1 is 1.19 bits per heavy atom. The van der Waals surface area contributed by atoms with Gasteiger partial charge in [0.15, 0.2) is 0 Å². The Bertz CT molecular complexity index is 787. The number of aromatic nitrogens is 2. The van der Waals surface area contributed by atoms with Gasteiger partial charge in [-0.15, -0.1) is 0 Å². The Morgan fingerprint density at radius 3 is 2.50 bits per heavy atom. The summed E-state index contributed by atoms with van der Waals surface area (Å²) in [6, 6.07) is 6.52. The van der Waals surface area contributed by atoms with Crippen molar-refractivity contribution in [1.29, 1.82) is 0 Å². The van der Waals surface area contributed by atoms with Crippen LogP contribution < -0.4 is 0 Å². The number of aryl methyl sites for hydroxylation is 2. The molecule has 5 nitrogen and oxygen atoms in total. The van der Waals surface area contributed by atoms with Crippen LogP contribution in [0.2, 0.25) is 0 Å². The van der Waals surface area contributed by atoms with E-state index in [4.69, 9.17) is 0 Å². The third kappa shape index (κ3) is 5.58. The second kappa shape index (κ2) is 8.46. The predicted octanol–water partition coefficient (Wildman–Crippen LogP) is 3.74. The SMILES string of the molecule is CCOC(=O)/C(O)=C/c1cc(CCc2ccc(C(F)(F)F)cc2)ncn1. The normalized spacial score (nSPS) is 12.1. The molecule has 1 aromatic carbocycles. The van der Waals surface area contributed by atoms with Crippen molar-refractivity contribution in [3.05, 3.63) is 64.9 Å². The van der Waals surface area contributed by atoms with Gasteiger partial charge in [0, 0.05) is 11.8 Å². The van der Waals surface area contributed by atoms with E-state index in [0.717, 1.165) is 17.7 Å². The molecule has 1 heterocycles. The lowest BCUT2D eigenvalue weighted by molar-refractivity contribution is -0.141. The minimum absolute atomic E-state index is 0.138. The van der Waals surface area contributed by atoms with Gasteiger partial charge in [-0.3, -0.25) is 0 Å². The van der Waals surface area contributed by atoms with E-state index in [9.17, 15) is 23.1 Å². The largest absolute Gasteiger partial charge is 0.502 e. The van der Waals surface area contributed by atoms with E-state index in [-0.39, 0.29) is 6.61 Å². The highest BCUT2D eigenvalue weighted by atomic mass is 19.4. The molecule has 0 unspecified atom stereocenters. The average molecular weight is 366 g/mol. The molecule has 0 bridgehead atoms. The molecule has 0 atom stereocenters. The third-order valence-electron chi connectivity index (χ3n) is 3.47. The molecule has 1 aromatic heterocycles. The molecule has 0 saturated heterocycles. The summed E-state index contributed by atoms with van der Waals surface area (Å²) in [5, 5.41) is 9.63. The summed E-state index contributed by atoms with van der Waals surface area (Å²) in [6.07, 6.45) is -0.946. The van der Waals surface area contributed by atoms with Crippen molar-refractivity contribution in [3.63, 3.8) is 0 Å². The lowest BCUT2D eigenvalue weighted by atomic mass is 10.1. The Hall–Kier alpha value is -2.90. The van der Waals surface area contributed by atoms with Crippen molar-refractivity contribution in [2.75, 3.05) is 6.61 Å². The second-order valence-corrected chi connectivity index (χ2v) is 5.38. The molecule has 0 spiro atoms. The quantitative estimate of drug-likeness (QED) is 0.479. The van der Waals surface area contributed by atoms with E-state index in [2.05, 4.69) is 14.7 Å². The zero-order valence-electron chi connectivity index (χ0n) is 14.0. The first-order valence-corrected chi connectivity index (χ1v) is 7.84. The van der Waals surface area contributed by atoms with Crippen molar-refractivity contribution in [3.8, 4) is 0 Å². The molecule has 0 radical (unpaired) electrons. The van der Waals surface area contributed by atoms with Crippen molar-refractivity contribution in [1.82, 2.24) is 9.97 Å². The highest BCUT2D eigenvalue weighted by molar-refractivity contribution is 5.90. The first kappa shape index (κ1) is 19.4. The van der Waals surface area contributed by atoms with Gasteiger partial charge >= 0.3 is 12.1 Å². The maximum absolute atomic E-state index is 12.5. The molecule has 1 N–H and O–H groups in total. The van der Waals surface area contributed by atoms with Crippen LogP contribution >= 0.6 is 0 Å². The van der Waals surface area contributed by atoms with Crippen LogP contribution in [-0.4, -0.2) is 27.7 Å². The van der Waals surface area contributed by atoms with E-state index in [0.29, 0.717) is 24.2 Å². The number of aliphatic hydroxyl groups is 1. The highest BCUT2D eigenvalue weighted by Gasteiger charge is 2.29. The van der Waals surface area contributed by atoms with Gasteiger partial charge < -0.3 is 9.84 Å². The van der Waals surface area contributed by atoms with Gasteiger partial charge in [0.05, 0.1) is 17.9 Å². The molecule has 26 heavy (non-hydrogen) atoms. The summed E-state index contributed by atoms with van der Waals surface area (Å²) < 4.78 is 42.3. The zero-order chi connectivity index (χ0) is 19.2. The van der Waals surface area contributed by atoms with Crippen LogP contribution in [0.15, 0.2) is 42.4 Å². The van der Waals surface area contributed by atoms with Gasteiger partial charge in [0.2, 0.25) is 5.76 Å². The predicted molar refractivity (Wildman–Crippen MR) is 88.1 cm³/mol. The van der Waals surface area contributed by atoms with Gasteiger partial charge in [0.25, 0.3) is 0 Å². The zero-order valence-corrected chi connectivity index (χ0v) is 14.0. The first-order valence-electron chi connectivity index (χ1n) is 7.84. The minimum atomic E-state index is -4.35. The Morgan fingerprint density at radius 2 is 1.88 bits per heavy atom. The summed E-state index contributed by atoms with van der Waals surface area (Å²) in [5.74, 6) is -1.42.